The van der Waals surface area contributed by atoms with Crippen molar-refractivity contribution in [3.63, 3.8) is 0 Å². The summed E-state index contributed by atoms with van der Waals surface area (Å²) in [5.41, 5.74) is 6.73. The molecule has 2 amide bonds. The third kappa shape index (κ3) is 5.20. The Morgan fingerprint density at radius 2 is 1.25 bits per heavy atom. The Morgan fingerprint density at radius 3 is 1.90 bits per heavy atom. The molecule has 1 atom stereocenters. The molecule has 0 fully saturated rings. The Morgan fingerprint density at radius 1 is 0.675 bits per heavy atom. The summed E-state index contributed by atoms with van der Waals surface area (Å²) in [5.74, 6) is -0.269. The van der Waals surface area contributed by atoms with Crippen LogP contribution in [0.3, 0.4) is 0 Å². The van der Waals surface area contributed by atoms with Crippen LogP contribution in [0, 0.1) is 0 Å². The van der Waals surface area contributed by atoms with E-state index in [9.17, 15) is 9.59 Å². The Hall–Kier alpha value is -5.22. The van der Waals surface area contributed by atoms with E-state index >= 15 is 0 Å². The minimum atomic E-state index is -0.201. The van der Waals surface area contributed by atoms with Crippen molar-refractivity contribution < 1.29 is 9.59 Å². The Kier molecular flexibility index (Phi) is 7.06. The van der Waals surface area contributed by atoms with Crippen LogP contribution in [0.1, 0.15) is 49.0 Å². The van der Waals surface area contributed by atoms with Gasteiger partial charge in [0.05, 0.1) is 17.4 Å². The molecule has 1 unspecified atom stereocenters. The fourth-order valence-corrected chi connectivity index (χ4v) is 5.20. The van der Waals surface area contributed by atoms with Crippen molar-refractivity contribution in [2.45, 2.75) is 12.5 Å². The maximum atomic E-state index is 14.0. The molecule has 4 heteroatoms. The van der Waals surface area contributed by atoms with Crippen LogP contribution in [-0.4, -0.2) is 11.8 Å². The lowest BCUT2D eigenvalue weighted by molar-refractivity contribution is 0.0978. The lowest BCUT2D eigenvalue weighted by Crippen LogP contribution is -2.32. The average molecular weight is 521 g/mol. The first-order chi connectivity index (χ1) is 19.7. The molecule has 0 spiro atoms. The highest BCUT2D eigenvalue weighted by Crippen LogP contribution is 2.44. The largest absolute Gasteiger partial charge is 0.321 e. The summed E-state index contributed by atoms with van der Waals surface area (Å²) in [6.45, 7) is 0. The minimum Gasteiger partial charge on any atom is -0.321 e. The van der Waals surface area contributed by atoms with Gasteiger partial charge in [0.1, 0.15) is 0 Å². The zero-order valence-corrected chi connectivity index (χ0v) is 21.9. The summed E-state index contributed by atoms with van der Waals surface area (Å²) in [6.07, 6.45) is 4.74. The van der Waals surface area contributed by atoms with Crippen LogP contribution in [0.2, 0.25) is 0 Å². The van der Waals surface area contributed by atoms with Crippen LogP contribution >= 0.6 is 0 Å². The summed E-state index contributed by atoms with van der Waals surface area (Å²) in [6, 6.07) is 42.6. The molecule has 40 heavy (non-hydrogen) atoms. The van der Waals surface area contributed by atoms with Gasteiger partial charge in [-0.15, -0.1) is 0 Å². The van der Waals surface area contributed by atoms with Crippen LogP contribution in [0.5, 0.6) is 0 Å². The first-order valence-corrected chi connectivity index (χ1v) is 13.4. The smallest absolute Gasteiger partial charge is 0.258 e. The molecular formula is C36H28N2O2. The number of benzene rings is 5. The zero-order valence-electron chi connectivity index (χ0n) is 21.9. The molecule has 5 aromatic carbocycles. The van der Waals surface area contributed by atoms with Gasteiger partial charge < -0.3 is 10.2 Å². The monoisotopic (exact) mass is 520 g/mol. The highest BCUT2D eigenvalue weighted by Gasteiger charge is 2.36. The van der Waals surface area contributed by atoms with E-state index in [0.29, 0.717) is 23.2 Å². The topological polar surface area (TPSA) is 49.4 Å². The van der Waals surface area contributed by atoms with Crippen LogP contribution < -0.4 is 10.2 Å². The number of hydrogen-bond donors (Lipinski definition) is 1. The lowest BCUT2D eigenvalue weighted by atomic mass is 10.00. The molecule has 0 bridgehead atoms. The summed E-state index contributed by atoms with van der Waals surface area (Å²) in [5, 5.41) is 3.12. The lowest BCUT2D eigenvalue weighted by Gasteiger charge is -2.26. The number of carbonyl (C=O) groups is 2. The van der Waals surface area contributed by atoms with Crippen LogP contribution in [0.25, 0.3) is 12.2 Å². The molecule has 1 heterocycles. The summed E-state index contributed by atoms with van der Waals surface area (Å²) >= 11 is 0. The van der Waals surface area contributed by atoms with Gasteiger partial charge in [-0.2, -0.15) is 0 Å². The molecule has 0 aliphatic carbocycles. The van der Waals surface area contributed by atoms with Crippen molar-refractivity contribution in [1.82, 2.24) is 0 Å². The molecule has 0 radical (unpaired) electrons. The number of rotatable bonds is 6. The first-order valence-electron chi connectivity index (χ1n) is 13.4. The number of anilines is 2. The zero-order chi connectivity index (χ0) is 27.3. The van der Waals surface area contributed by atoms with Crippen molar-refractivity contribution >= 4 is 35.3 Å². The maximum absolute atomic E-state index is 14.0. The molecule has 194 valence electrons. The highest BCUT2D eigenvalue weighted by molar-refractivity contribution is 6.10. The van der Waals surface area contributed by atoms with Gasteiger partial charge in [-0.3, -0.25) is 9.59 Å². The van der Waals surface area contributed by atoms with Gasteiger partial charge in [0, 0.05) is 11.1 Å². The normalized spacial score (nSPS) is 14.2. The minimum absolute atomic E-state index is 0.0684. The summed E-state index contributed by atoms with van der Waals surface area (Å²) in [7, 11) is 0. The van der Waals surface area contributed by atoms with Gasteiger partial charge in [-0.25, -0.2) is 0 Å². The molecule has 4 nitrogen and oxygen atoms in total. The second-order valence-corrected chi connectivity index (χ2v) is 9.80. The molecule has 1 N–H and O–H groups in total. The number of carbonyl (C=O) groups excluding carboxylic acids is 2. The molecule has 5 aromatic rings. The molecule has 0 saturated carbocycles. The van der Waals surface area contributed by atoms with Crippen molar-refractivity contribution in [3.05, 3.63) is 167 Å². The second kappa shape index (κ2) is 11.3. The SMILES string of the molecule is O=C(Nc1cc2c(cc1C=Cc1ccccc1)CC(c1ccccc1)N2C(=O)c1ccccc1)c1ccccc1. The van der Waals surface area contributed by atoms with Gasteiger partial charge in [0.25, 0.3) is 11.8 Å². The first kappa shape index (κ1) is 25.1. The number of amides is 2. The summed E-state index contributed by atoms with van der Waals surface area (Å²) in [4.78, 5) is 29.1. The number of nitrogens with one attached hydrogen (secondary N) is 1. The second-order valence-electron chi connectivity index (χ2n) is 9.80. The quantitative estimate of drug-likeness (QED) is 0.230. The standard InChI is InChI=1S/C36H28N2O2/c39-35(28-17-9-3-10-18-28)37-32-25-34-31(23-30(32)22-21-26-13-5-1-6-14-26)24-33(27-15-7-2-8-16-27)38(34)36(40)29-19-11-4-12-20-29/h1-23,25,33H,24H2,(H,37,39). The van der Waals surface area contributed by atoms with E-state index in [1.54, 1.807) is 12.1 Å². The molecule has 0 aromatic heterocycles. The fraction of sp³-hybridized carbons (Fsp3) is 0.0556. The molecule has 6 rings (SSSR count). The summed E-state index contributed by atoms with van der Waals surface area (Å²) < 4.78 is 0. The van der Waals surface area contributed by atoms with Gasteiger partial charge >= 0.3 is 0 Å². The number of fused-ring (bicyclic) bond motifs is 1. The fourth-order valence-electron chi connectivity index (χ4n) is 5.20. The van der Waals surface area contributed by atoms with Gasteiger partial charge in [0.15, 0.2) is 0 Å². The van der Waals surface area contributed by atoms with Crippen molar-refractivity contribution in [1.29, 1.82) is 0 Å². The van der Waals surface area contributed by atoms with E-state index in [2.05, 4.69) is 23.5 Å². The Balaban J connectivity index is 1.46. The van der Waals surface area contributed by atoms with E-state index in [1.807, 2.05) is 120 Å². The van der Waals surface area contributed by atoms with Crippen molar-refractivity contribution in [2.75, 3.05) is 10.2 Å². The Bertz CT molecular complexity index is 1660. The van der Waals surface area contributed by atoms with E-state index in [1.165, 1.54) is 0 Å². The van der Waals surface area contributed by atoms with Crippen LogP contribution in [-0.2, 0) is 6.42 Å². The number of nitrogens with zero attached hydrogens (tertiary/aromatic N) is 1. The van der Waals surface area contributed by atoms with Crippen molar-refractivity contribution in [3.8, 4) is 0 Å². The predicted molar refractivity (Wildman–Crippen MR) is 162 cm³/mol. The van der Waals surface area contributed by atoms with E-state index in [0.717, 1.165) is 27.9 Å². The van der Waals surface area contributed by atoms with E-state index < -0.39 is 0 Å². The van der Waals surface area contributed by atoms with Gasteiger partial charge in [0.2, 0.25) is 0 Å². The maximum Gasteiger partial charge on any atom is 0.258 e. The Labute approximate surface area is 234 Å². The predicted octanol–water partition coefficient (Wildman–Crippen LogP) is 8.05. The van der Waals surface area contributed by atoms with Crippen LogP contribution in [0.15, 0.2) is 133 Å². The van der Waals surface area contributed by atoms with Crippen LogP contribution in [0.4, 0.5) is 11.4 Å². The number of hydrogen-bond acceptors (Lipinski definition) is 2. The third-order valence-electron chi connectivity index (χ3n) is 7.20. The van der Waals surface area contributed by atoms with Gasteiger partial charge in [-0.05, 0) is 65.1 Å². The van der Waals surface area contributed by atoms with E-state index in [-0.39, 0.29) is 17.9 Å². The molecule has 0 saturated heterocycles. The van der Waals surface area contributed by atoms with Gasteiger partial charge in [-0.1, -0.05) is 109 Å². The highest BCUT2D eigenvalue weighted by atomic mass is 16.2. The molecular weight excluding hydrogens is 492 g/mol. The average Bonchev–Trinajstić information content (AvgIpc) is 3.39. The van der Waals surface area contributed by atoms with E-state index in [4.69, 9.17) is 0 Å². The molecule has 1 aliphatic rings. The third-order valence-corrected chi connectivity index (χ3v) is 7.20. The van der Waals surface area contributed by atoms with Crippen molar-refractivity contribution in [2.24, 2.45) is 0 Å². The molecule has 1 aliphatic heterocycles.